The molecular weight excluding hydrogens is 232 g/mol. The van der Waals surface area contributed by atoms with Gasteiger partial charge in [0, 0.05) is 10.3 Å². The molecule has 5 heteroatoms. The van der Waals surface area contributed by atoms with Gasteiger partial charge in [0.15, 0.2) is 0 Å². The fraction of sp³-hybridized carbons (Fsp3) is 0.500. The molecule has 0 saturated heterocycles. The lowest BCUT2D eigenvalue weighted by atomic mass is 10.5. The normalized spacial score (nSPS) is 15.5. The molecule has 3 nitrogen and oxygen atoms in total. The minimum atomic E-state index is -0.856. The fourth-order valence-electron chi connectivity index (χ4n) is 1.12. The predicted molar refractivity (Wildman–Crippen MR) is 60.7 cm³/mol. The van der Waals surface area contributed by atoms with Gasteiger partial charge in [0.1, 0.15) is 4.88 Å². The number of carbonyl (C=O) groups is 1. The number of aromatic carboxylic acids is 1. The molecule has 0 radical (unpaired) electrons. The van der Waals surface area contributed by atoms with Crippen LogP contribution in [-0.2, 0) is 4.74 Å². The summed E-state index contributed by atoms with van der Waals surface area (Å²) in [5, 5.41) is 10.6. The standard InChI is InChI=1S/C10H12O3S2/c11-10(12)9-3-8(5-14-9)15-6-13-4-7-1-2-7/h3,5,7H,1-2,4,6H2,(H,11,12). The molecular formula is C10H12O3S2. The Bertz CT molecular complexity index is 344. The van der Waals surface area contributed by atoms with E-state index in [1.165, 1.54) is 24.2 Å². The molecule has 1 saturated carbocycles. The van der Waals surface area contributed by atoms with Crippen molar-refractivity contribution in [1.29, 1.82) is 0 Å². The number of ether oxygens (including phenoxy) is 1. The van der Waals surface area contributed by atoms with Crippen LogP contribution in [0.4, 0.5) is 0 Å². The van der Waals surface area contributed by atoms with Crippen LogP contribution in [0.25, 0.3) is 0 Å². The van der Waals surface area contributed by atoms with Crippen molar-refractivity contribution < 1.29 is 14.6 Å². The monoisotopic (exact) mass is 244 g/mol. The van der Waals surface area contributed by atoms with Crippen molar-refractivity contribution in [2.75, 3.05) is 12.5 Å². The van der Waals surface area contributed by atoms with E-state index in [1.807, 2.05) is 5.38 Å². The van der Waals surface area contributed by atoms with Crippen molar-refractivity contribution in [2.24, 2.45) is 5.92 Å². The Hall–Kier alpha value is -0.520. The summed E-state index contributed by atoms with van der Waals surface area (Å²) in [6, 6.07) is 1.69. The Balaban J connectivity index is 1.70. The van der Waals surface area contributed by atoms with Gasteiger partial charge in [0.25, 0.3) is 0 Å². The fourth-order valence-corrected chi connectivity index (χ4v) is 2.73. The molecule has 1 aromatic heterocycles. The molecule has 0 aliphatic heterocycles. The zero-order valence-corrected chi connectivity index (χ0v) is 9.77. The summed E-state index contributed by atoms with van der Waals surface area (Å²) in [6.45, 7) is 0.850. The van der Waals surface area contributed by atoms with E-state index < -0.39 is 5.97 Å². The Kier molecular flexibility index (Phi) is 3.66. The molecule has 0 bridgehead atoms. The minimum Gasteiger partial charge on any atom is -0.477 e. The van der Waals surface area contributed by atoms with Crippen LogP contribution in [0.5, 0.6) is 0 Å². The van der Waals surface area contributed by atoms with Crippen LogP contribution in [0.3, 0.4) is 0 Å². The molecule has 82 valence electrons. The third kappa shape index (κ3) is 3.52. The molecule has 1 aromatic rings. The second-order valence-electron chi connectivity index (χ2n) is 3.53. The average molecular weight is 244 g/mol. The topological polar surface area (TPSA) is 46.5 Å². The molecule has 0 unspecified atom stereocenters. The summed E-state index contributed by atoms with van der Waals surface area (Å²) in [4.78, 5) is 12.0. The lowest BCUT2D eigenvalue weighted by molar-refractivity contribution is 0.0702. The smallest absolute Gasteiger partial charge is 0.345 e. The van der Waals surface area contributed by atoms with Crippen LogP contribution in [0.2, 0.25) is 0 Å². The van der Waals surface area contributed by atoms with E-state index >= 15 is 0 Å². The lowest BCUT2D eigenvalue weighted by Crippen LogP contribution is -1.94. The Labute approximate surface area is 96.4 Å². The number of hydrogen-bond donors (Lipinski definition) is 1. The zero-order valence-electron chi connectivity index (χ0n) is 8.14. The minimum absolute atomic E-state index is 0.389. The maximum atomic E-state index is 10.6. The van der Waals surface area contributed by atoms with Crippen molar-refractivity contribution >= 4 is 29.1 Å². The zero-order chi connectivity index (χ0) is 10.7. The highest BCUT2D eigenvalue weighted by atomic mass is 32.2. The molecule has 1 aliphatic rings. The molecule has 0 aromatic carbocycles. The molecule has 1 aliphatic carbocycles. The quantitative estimate of drug-likeness (QED) is 0.475. The largest absolute Gasteiger partial charge is 0.477 e. The van der Waals surface area contributed by atoms with Gasteiger partial charge in [-0.1, -0.05) is 11.8 Å². The van der Waals surface area contributed by atoms with Crippen LogP contribution in [-0.4, -0.2) is 23.6 Å². The van der Waals surface area contributed by atoms with Crippen molar-refractivity contribution in [2.45, 2.75) is 17.7 Å². The van der Waals surface area contributed by atoms with Crippen LogP contribution in [0, 0.1) is 5.92 Å². The molecule has 1 N–H and O–H groups in total. The van der Waals surface area contributed by atoms with Gasteiger partial charge >= 0.3 is 5.97 Å². The van der Waals surface area contributed by atoms with E-state index in [4.69, 9.17) is 9.84 Å². The van der Waals surface area contributed by atoms with Gasteiger partial charge in [-0.2, -0.15) is 0 Å². The summed E-state index contributed by atoms with van der Waals surface area (Å²) in [7, 11) is 0. The van der Waals surface area contributed by atoms with E-state index in [2.05, 4.69) is 0 Å². The second kappa shape index (κ2) is 5.01. The highest BCUT2D eigenvalue weighted by Crippen LogP contribution is 2.30. The molecule has 2 rings (SSSR count). The Morgan fingerprint density at radius 1 is 1.67 bits per heavy atom. The van der Waals surface area contributed by atoms with Crippen LogP contribution in [0.15, 0.2) is 16.3 Å². The van der Waals surface area contributed by atoms with E-state index in [0.717, 1.165) is 17.4 Å². The van der Waals surface area contributed by atoms with Crippen LogP contribution >= 0.6 is 23.1 Å². The maximum absolute atomic E-state index is 10.6. The average Bonchev–Trinajstić information content (AvgIpc) is 2.90. The van der Waals surface area contributed by atoms with Crippen molar-refractivity contribution in [3.63, 3.8) is 0 Å². The maximum Gasteiger partial charge on any atom is 0.345 e. The lowest BCUT2D eigenvalue weighted by Gasteiger charge is -2.00. The van der Waals surface area contributed by atoms with Gasteiger partial charge in [-0.15, -0.1) is 11.3 Å². The number of rotatable bonds is 6. The SMILES string of the molecule is O=C(O)c1cc(SCOCC2CC2)cs1. The number of hydrogen-bond acceptors (Lipinski definition) is 4. The van der Waals surface area contributed by atoms with E-state index in [0.29, 0.717) is 10.8 Å². The van der Waals surface area contributed by atoms with Gasteiger partial charge in [0.2, 0.25) is 0 Å². The molecule has 0 spiro atoms. The Morgan fingerprint density at radius 2 is 2.47 bits per heavy atom. The van der Waals surface area contributed by atoms with Crippen molar-refractivity contribution in [1.82, 2.24) is 0 Å². The second-order valence-corrected chi connectivity index (χ2v) is 5.44. The van der Waals surface area contributed by atoms with Crippen LogP contribution in [0.1, 0.15) is 22.5 Å². The van der Waals surface area contributed by atoms with Crippen LogP contribution < -0.4 is 0 Å². The molecule has 0 atom stereocenters. The van der Waals surface area contributed by atoms with Gasteiger partial charge < -0.3 is 9.84 Å². The van der Waals surface area contributed by atoms with E-state index in [1.54, 1.807) is 17.8 Å². The summed E-state index contributed by atoms with van der Waals surface area (Å²) < 4.78 is 5.45. The third-order valence-electron chi connectivity index (χ3n) is 2.15. The first-order valence-corrected chi connectivity index (χ1v) is 6.64. The first kappa shape index (κ1) is 11.0. The van der Waals surface area contributed by atoms with Gasteiger partial charge in [-0.25, -0.2) is 4.79 Å². The summed E-state index contributed by atoms with van der Waals surface area (Å²) >= 11 is 2.81. The first-order valence-electron chi connectivity index (χ1n) is 4.78. The number of thiophene rings is 1. The van der Waals surface area contributed by atoms with Gasteiger partial charge in [0.05, 0.1) is 12.5 Å². The number of carboxylic acid groups (broad SMARTS) is 1. The molecule has 1 heterocycles. The highest BCUT2D eigenvalue weighted by molar-refractivity contribution is 7.99. The van der Waals surface area contributed by atoms with E-state index in [9.17, 15) is 4.79 Å². The van der Waals surface area contributed by atoms with Crippen molar-refractivity contribution in [3.05, 3.63) is 16.3 Å². The van der Waals surface area contributed by atoms with Crippen molar-refractivity contribution in [3.8, 4) is 0 Å². The van der Waals surface area contributed by atoms with Gasteiger partial charge in [-0.3, -0.25) is 0 Å². The molecule has 1 fully saturated rings. The number of carboxylic acids is 1. The highest BCUT2D eigenvalue weighted by Gasteiger charge is 2.21. The summed E-state index contributed by atoms with van der Waals surface area (Å²) in [5.41, 5.74) is 0. The third-order valence-corrected chi connectivity index (χ3v) is 4.07. The predicted octanol–water partition coefficient (Wildman–Crippen LogP) is 2.92. The summed E-state index contributed by atoms with van der Waals surface area (Å²) in [6.07, 6.45) is 2.60. The molecule has 0 amide bonds. The Morgan fingerprint density at radius 3 is 3.07 bits per heavy atom. The van der Waals surface area contributed by atoms with E-state index in [-0.39, 0.29) is 0 Å². The van der Waals surface area contributed by atoms with Gasteiger partial charge in [-0.05, 0) is 24.8 Å². The summed E-state index contributed by atoms with van der Waals surface area (Å²) in [5.74, 6) is 0.542. The number of thioether (sulfide) groups is 1. The molecule has 15 heavy (non-hydrogen) atoms. The first-order chi connectivity index (χ1) is 7.25.